The largest absolute Gasteiger partial charge is 0.340 e. The SMILES string of the molecule is CC#Cc1c[nH]c(=O)n(C#CC)c1=O. The maximum absolute atomic E-state index is 11.5. The molecule has 14 heavy (non-hydrogen) atoms. The molecular formula is C10H8N2O2. The van der Waals surface area contributed by atoms with Crippen LogP contribution in [0.5, 0.6) is 0 Å². The minimum atomic E-state index is -0.550. The lowest BCUT2D eigenvalue weighted by atomic mass is 10.3. The number of H-pyrrole nitrogens is 1. The van der Waals surface area contributed by atoms with E-state index >= 15 is 0 Å². The molecule has 0 radical (unpaired) electrons. The van der Waals surface area contributed by atoms with E-state index in [0.29, 0.717) is 0 Å². The highest BCUT2D eigenvalue weighted by molar-refractivity contribution is 5.29. The van der Waals surface area contributed by atoms with Crippen LogP contribution in [0, 0.1) is 23.8 Å². The number of hydrogen-bond acceptors (Lipinski definition) is 2. The van der Waals surface area contributed by atoms with Crippen molar-refractivity contribution in [1.29, 1.82) is 0 Å². The van der Waals surface area contributed by atoms with E-state index in [-0.39, 0.29) is 5.56 Å². The Balaban J connectivity index is 3.60. The highest BCUT2D eigenvalue weighted by Crippen LogP contribution is 1.80. The summed E-state index contributed by atoms with van der Waals surface area (Å²) in [6, 6.07) is 2.39. The number of hydrogen-bond donors (Lipinski definition) is 1. The third kappa shape index (κ3) is 1.75. The molecule has 1 heterocycles. The maximum atomic E-state index is 11.5. The molecule has 0 saturated heterocycles. The van der Waals surface area contributed by atoms with Gasteiger partial charge < -0.3 is 4.98 Å². The summed E-state index contributed by atoms with van der Waals surface area (Å²) in [7, 11) is 0. The van der Waals surface area contributed by atoms with E-state index in [0.717, 1.165) is 4.57 Å². The van der Waals surface area contributed by atoms with Crippen LogP contribution in [-0.2, 0) is 0 Å². The van der Waals surface area contributed by atoms with Crippen molar-refractivity contribution in [2.75, 3.05) is 0 Å². The van der Waals surface area contributed by atoms with Gasteiger partial charge in [0.15, 0.2) is 0 Å². The molecule has 0 aliphatic rings. The van der Waals surface area contributed by atoms with Crippen LogP contribution < -0.4 is 11.2 Å². The van der Waals surface area contributed by atoms with Gasteiger partial charge in [-0.15, -0.1) is 5.92 Å². The van der Waals surface area contributed by atoms with Gasteiger partial charge in [-0.25, -0.2) is 4.79 Å². The molecule has 0 aromatic carbocycles. The van der Waals surface area contributed by atoms with Gasteiger partial charge in [0.1, 0.15) is 5.56 Å². The molecule has 4 nitrogen and oxygen atoms in total. The fraction of sp³-hybridized carbons (Fsp3) is 0.200. The van der Waals surface area contributed by atoms with Gasteiger partial charge in [0.2, 0.25) is 0 Å². The zero-order chi connectivity index (χ0) is 10.6. The van der Waals surface area contributed by atoms with Crippen molar-refractivity contribution in [2.24, 2.45) is 0 Å². The number of nitrogens with one attached hydrogen (secondary N) is 1. The Bertz CT molecular complexity index is 570. The van der Waals surface area contributed by atoms with Crippen molar-refractivity contribution in [2.45, 2.75) is 13.8 Å². The molecule has 0 fully saturated rings. The second-order valence-corrected chi connectivity index (χ2v) is 2.38. The summed E-state index contributed by atoms with van der Waals surface area (Å²) in [5.41, 5.74) is -0.807. The van der Waals surface area contributed by atoms with Crippen molar-refractivity contribution < 1.29 is 0 Å². The second-order valence-electron chi connectivity index (χ2n) is 2.38. The summed E-state index contributed by atoms with van der Waals surface area (Å²) >= 11 is 0. The minimum absolute atomic E-state index is 0.231. The molecule has 0 saturated carbocycles. The molecule has 0 spiro atoms. The first kappa shape index (κ1) is 9.88. The number of aromatic nitrogens is 2. The smallest absolute Gasteiger partial charge is 0.312 e. The highest BCUT2D eigenvalue weighted by atomic mass is 16.2. The van der Waals surface area contributed by atoms with E-state index in [4.69, 9.17) is 0 Å². The van der Waals surface area contributed by atoms with Crippen LogP contribution in [0.3, 0.4) is 0 Å². The van der Waals surface area contributed by atoms with Gasteiger partial charge in [-0.05, 0) is 13.8 Å². The molecule has 0 unspecified atom stereocenters. The van der Waals surface area contributed by atoms with Crippen LogP contribution in [0.4, 0.5) is 0 Å². The van der Waals surface area contributed by atoms with Crippen LogP contribution in [-0.4, -0.2) is 9.55 Å². The molecule has 1 N–H and O–H groups in total. The first-order valence-electron chi connectivity index (χ1n) is 3.91. The van der Waals surface area contributed by atoms with Crippen molar-refractivity contribution >= 4 is 0 Å². The molecule has 0 aliphatic heterocycles. The molecule has 1 rings (SSSR count). The van der Waals surface area contributed by atoms with Crippen LogP contribution in [0.2, 0.25) is 0 Å². The Morgan fingerprint density at radius 1 is 1.29 bits per heavy atom. The van der Waals surface area contributed by atoms with Gasteiger partial charge in [-0.1, -0.05) is 11.8 Å². The van der Waals surface area contributed by atoms with Crippen molar-refractivity contribution in [3.05, 3.63) is 32.6 Å². The lowest BCUT2D eigenvalue weighted by Gasteiger charge is -1.93. The third-order valence-corrected chi connectivity index (χ3v) is 1.46. The van der Waals surface area contributed by atoms with E-state index in [1.165, 1.54) is 6.20 Å². The average Bonchev–Trinajstić information content (AvgIpc) is 2.17. The minimum Gasteiger partial charge on any atom is -0.312 e. The summed E-state index contributed by atoms with van der Waals surface area (Å²) in [5.74, 6) is 7.64. The third-order valence-electron chi connectivity index (χ3n) is 1.46. The number of nitrogens with zero attached hydrogens (tertiary/aromatic N) is 1. The van der Waals surface area contributed by atoms with Crippen molar-refractivity contribution in [3.8, 4) is 23.8 Å². The molecule has 1 aromatic heterocycles. The lowest BCUT2D eigenvalue weighted by Crippen LogP contribution is -2.33. The fourth-order valence-corrected chi connectivity index (χ4v) is 0.910. The molecule has 4 heteroatoms. The van der Waals surface area contributed by atoms with E-state index in [9.17, 15) is 9.59 Å². The molecule has 70 valence electrons. The first-order chi connectivity index (χ1) is 6.70. The fourth-order valence-electron chi connectivity index (χ4n) is 0.910. The Hall–Kier alpha value is -2.20. The summed E-state index contributed by atoms with van der Waals surface area (Å²) in [6.45, 7) is 3.16. The molecule has 1 aromatic rings. The van der Waals surface area contributed by atoms with Gasteiger partial charge in [0, 0.05) is 12.2 Å². The molecule has 0 aliphatic carbocycles. The zero-order valence-corrected chi connectivity index (χ0v) is 7.84. The van der Waals surface area contributed by atoms with Gasteiger partial charge in [0.25, 0.3) is 5.56 Å². The van der Waals surface area contributed by atoms with E-state index in [1.807, 2.05) is 0 Å². The predicted octanol–water partition coefficient (Wildman–Crippen LogP) is -0.263. The topological polar surface area (TPSA) is 54.9 Å². The maximum Gasteiger partial charge on any atom is 0.340 e. The van der Waals surface area contributed by atoms with Crippen LogP contribution >= 0.6 is 0 Å². The Kier molecular flexibility index (Phi) is 2.93. The van der Waals surface area contributed by atoms with Crippen LogP contribution in [0.1, 0.15) is 19.4 Å². The zero-order valence-electron chi connectivity index (χ0n) is 7.84. The summed E-state index contributed by atoms with van der Waals surface area (Å²) in [6.07, 6.45) is 1.29. The molecule has 0 bridgehead atoms. The van der Waals surface area contributed by atoms with Crippen LogP contribution in [0.15, 0.2) is 15.8 Å². The Morgan fingerprint density at radius 3 is 2.57 bits per heavy atom. The standard InChI is InChI=1S/C10H8N2O2/c1-3-5-8-7-11-10(14)12(6-4-2)9(8)13/h7H,1-2H3,(H,11,14). The van der Waals surface area contributed by atoms with Gasteiger partial charge in [0.05, 0.1) is 0 Å². The number of aromatic amines is 1. The quantitative estimate of drug-likeness (QED) is 0.570. The van der Waals surface area contributed by atoms with Crippen molar-refractivity contribution in [3.63, 3.8) is 0 Å². The highest BCUT2D eigenvalue weighted by Gasteiger charge is 2.01. The first-order valence-corrected chi connectivity index (χ1v) is 3.91. The van der Waals surface area contributed by atoms with Gasteiger partial charge >= 0.3 is 5.69 Å². The van der Waals surface area contributed by atoms with E-state index in [1.54, 1.807) is 13.8 Å². The molecule has 0 atom stereocenters. The molecule has 0 amide bonds. The summed E-state index contributed by atoms with van der Waals surface area (Å²) in [4.78, 5) is 25.0. The normalized spacial score (nSPS) is 8.14. The van der Waals surface area contributed by atoms with E-state index < -0.39 is 11.2 Å². The van der Waals surface area contributed by atoms with Crippen molar-refractivity contribution in [1.82, 2.24) is 9.55 Å². The Morgan fingerprint density at radius 2 is 2.00 bits per heavy atom. The van der Waals surface area contributed by atoms with Crippen LogP contribution in [0.25, 0.3) is 0 Å². The monoisotopic (exact) mass is 188 g/mol. The lowest BCUT2D eigenvalue weighted by molar-refractivity contribution is 0.899. The summed E-state index contributed by atoms with van der Waals surface area (Å²) in [5, 5.41) is 0. The average molecular weight is 188 g/mol. The Labute approximate surface area is 80.6 Å². The summed E-state index contributed by atoms with van der Waals surface area (Å²) < 4.78 is 0.805. The number of rotatable bonds is 0. The molecular weight excluding hydrogens is 180 g/mol. The van der Waals surface area contributed by atoms with Gasteiger partial charge in [-0.3, -0.25) is 4.79 Å². The van der Waals surface area contributed by atoms with E-state index in [2.05, 4.69) is 28.8 Å². The van der Waals surface area contributed by atoms with Gasteiger partial charge in [-0.2, -0.15) is 4.57 Å². The predicted molar refractivity (Wildman–Crippen MR) is 52.7 cm³/mol. The second kappa shape index (κ2) is 4.15.